The zero-order chi connectivity index (χ0) is 12.5. The highest BCUT2D eigenvalue weighted by Crippen LogP contribution is 2.34. The molecule has 0 aliphatic rings. The number of ketones is 1. The maximum absolute atomic E-state index is 12.0. The fourth-order valence-electron chi connectivity index (χ4n) is 1.27. The molecule has 16 heavy (non-hydrogen) atoms. The van der Waals surface area contributed by atoms with Gasteiger partial charge in [0, 0.05) is 5.41 Å². The van der Waals surface area contributed by atoms with Crippen LogP contribution in [0.5, 0.6) is 0 Å². The molecule has 0 aromatic carbocycles. The van der Waals surface area contributed by atoms with Crippen LogP contribution in [-0.2, 0) is 11.2 Å². The zero-order valence-corrected chi connectivity index (χ0v) is 14.9. The van der Waals surface area contributed by atoms with Gasteiger partial charge in [-0.25, -0.2) is 0 Å². The molecule has 0 saturated carbocycles. The fraction of sp³-hybridized carbons (Fsp3) is 0.545. The summed E-state index contributed by atoms with van der Waals surface area (Å²) in [5.41, 5.74) is 0.866. The molecule has 0 bridgehead atoms. The Morgan fingerprint density at radius 2 is 2.00 bits per heavy atom. The Morgan fingerprint density at radius 3 is 2.38 bits per heavy atom. The smallest absolute Gasteiger partial charge is 0.152 e. The number of rotatable bonds is 3. The monoisotopic (exact) mass is 430 g/mol. The Labute approximate surface area is 125 Å². The number of alkyl halides is 1. The molecule has 0 amide bonds. The predicted molar refractivity (Wildman–Crippen MR) is 80.6 cm³/mol. The van der Waals surface area contributed by atoms with Gasteiger partial charge in [0.1, 0.15) is 0 Å². The van der Waals surface area contributed by atoms with Crippen molar-refractivity contribution in [3.63, 3.8) is 0 Å². The van der Waals surface area contributed by atoms with E-state index in [9.17, 15) is 4.79 Å². The summed E-state index contributed by atoms with van der Waals surface area (Å²) in [5.74, 6) is 0.238. The molecule has 0 saturated heterocycles. The van der Waals surface area contributed by atoms with Crippen LogP contribution in [0.3, 0.4) is 0 Å². The molecule has 1 nitrogen and oxygen atoms in total. The fourth-order valence-corrected chi connectivity index (χ4v) is 5.16. The molecule has 0 fully saturated rings. The van der Waals surface area contributed by atoms with Crippen LogP contribution >= 0.6 is 59.1 Å². The Balaban J connectivity index is 2.75. The van der Waals surface area contributed by atoms with Gasteiger partial charge in [-0.05, 0) is 49.9 Å². The average Bonchev–Trinajstić information content (AvgIpc) is 2.42. The van der Waals surface area contributed by atoms with Crippen LogP contribution in [-0.4, -0.2) is 10.6 Å². The summed E-state index contributed by atoms with van der Waals surface area (Å²) in [5, 5.41) is 0. The van der Waals surface area contributed by atoms with Crippen molar-refractivity contribution >= 4 is 64.9 Å². The van der Waals surface area contributed by atoms with E-state index in [1.54, 1.807) is 11.3 Å². The van der Waals surface area contributed by atoms with Crippen LogP contribution in [0.2, 0.25) is 0 Å². The molecule has 1 aromatic heterocycles. The van der Waals surface area contributed by atoms with Crippen molar-refractivity contribution in [1.82, 2.24) is 0 Å². The van der Waals surface area contributed by atoms with Crippen molar-refractivity contribution in [2.75, 3.05) is 0 Å². The summed E-state index contributed by atoms with van der Waals surface area (Å²) < 4.78 is 2.17. The maximum atomic E-state index is 12.0. The Hall–Kier alpha value is 0.810. The number of hydrogen-bond acceptors (Lipinski definition) is 2. The molecule has 1 atom stereocenters. The highest BCUT2D eigenvalue weighted by atomic mass is 79.9. The van der Waals surface area contributed by atoms with Gasteiger partial charge in [0.05, 0.1) is 12.4 Å². The summed E-state index contributed by atoms with van der Waals surface area (Å²) in [6, 6.07) is 2.05. The summed E-state index contributed by atoms with van der Waals surface area (Å²) in [4.78, 5) is 11.9. The Kier molecular flexibility index (Phi) is 5.24. The van der Waals surface area contributed by atoms with Crippen molar-refractivity contribution in [3.05, 3.63) is 19.2 Å². The first kappa shape index (κ1) is 14.9. The van der Waals surface area contributed by atoms with Crippen molar-refractivity contribution in [1.29, 1.82) is 0 Å². The van der Waals surface area contributed by atoms with Gasteiger partial charge < -0.3 is 0 Å². The van der Waals surface area contributed by atoms with Crippen molar-refractivity contribution in [2.24, 2.45) is 5.41 Å². The lowest BCUT2D eigenvalue weighted by atomic mass is 9.87. The molecule has 90 valence electrons. The van der Waals surface area contributed by atoms with Gasteiger partial charge >= 0.3 is 0 Å². The van der Waals surface area contributed by atoms with Gasteiger partial charge in [-0.15, -0.1) is 11.3 Å². The van der Waals surface area contributed by atoms with Crippen molar-refractivity contribution in [3.8, 4) is 0 Å². The van der Waals surface area contributed by atoms with Crippen LogP contribution < -0.4 is 0 Å². The van der Waals surface area contributed by atoms with E-state index in [0.717, 1.165) is 19.6 Å². The summed E-state index contributed by atoms with van der Waals surface area (Å²) in [7, 11) is 0. The lowest BCUT2D eigenvalue weighted by molar-refractivity contribution is -0.125. The second-order valence-electron chi connectivity index (χ2n) is 4.64. The molecule has 0 aliphatic heterocycles. The third kappa shape index (κ3) is 3.93. The first-order valence-electron chi connectivity index (χ1n) is 4.84. The van der Waals surface area contributed by atoms with Crippen LogP contribution in [0, 0.1) is 5.41 Å². The lowest BCUT2D eigenvalue weighted by Gasteiger charge is -2.20. The third-order valence-electron chi connectivity index (χ3n) is 2.15. The Morgan fingerprint density at radius 1 is 1.44 bits per heavy atom. The van der Waals surface area contributed by atoms with Gasteiger partial charge in [0.25, 0.3) is 0 Å². The number of hydrogen-bond donors (Lipinski definition) is 0. The van der Waals surface area contributed by atoms with Crippen molar-refractivity contribution < 1.29 is 4.79 Å². The van der Waals surface area contributed by atoms with Crippen molar-refractivity contribution in [2.45, 2.75) is 32.0 Å². The first-order chi connectivity index (χ1) is 7.21. The molecule has 0 aliphatic carbocycles. The minimum Gasteiger partial charge on any atom is -0.298 e. The summed E-state index contributed by atoms with van der Waals surface area (Å²) in [6.07, 6.45) is 0.721. The predicted octanol–water partition coefficient (Wildman–Crippen LogP) is 5.19. The number of carbonyl (C=O) groups is 1. The van der Waals surface area contributed by atoms with Crippen LogP contribution in [0.1, 0.15) is 26.3 Å². The van der Waals surface area contributed by atoms with Crippen LogP contribution in [0.4, 0.5) is 0 Å². The van der Waals surface area contributed by atoms with Crippen LogP contribution in [0.15, 0.2) is 13.6 Å². The highest BCUT2D eigenvalue weighted by Gasteiger charge is 2.28. The van der Waals surface area contributed by atoms with Gasteiger partial charge in [-0.1, -0.05) is 36.7 Å². The molecule has 5 heteroatoms. The number of Topliss-reactive ketones (excluding diaryl/α,β-unsaturated/α-hetero) is 1. The molecular weight excluding hydrogens is 420 g/mol. The minimum atomic E-state index is -0.298. The van der Waals surface area contributed by atoms with E-state index in [4.69, 9.17) is 0 Å². The largest absolute Gasteiger partial charge is 0.298 e. The highest BCUT2D eigenvalue weighted by molar-refractivity contribution is 9.12. The molecule has 0 spiro atoms. The van der Waals surface area contributed by atoms with Gasteiger partial charge in [-0.2, -0.15) is 0 Å². The Bertz CT molecular complexity index is 392. The molecule has 1 rings (SSSR count). The second-order valence-corrected chi connectivity index (χ2v) is 9.49. The van der Waals surface area contributed by atoms with E-state index in [1.165, 1.54) is 0 Å². The van der Waals surface area contributed by atoms with E-state index < -0.39 is 0 Å². The summed E-state index contributed by atoms with van der Waals surface area (Å²) >= 11 is 12.0. The number of halogens is 3. The minimum absolute atomic E-state index is 0.120. The second kappa shape index (κ2) is 5.63. The van der Waals surface area contributed by atoms with E-state index in [2.05, 4.69) is 53.9 Å². The molecule has 1 aromatic rings. The van der Waals surface area contributed by atoms with Gasteiger partial charge in [0.15, 0.2) is 5.78 Å². The van der Waals surface area contributed by atoms with Gasteiger partial charge in [0.2, 0.25) is 0 Å². The van der Waals surface area contributed by atoms with Crippen LogP contribution in [0.25, 0.3) is 0 Å². The van der Waals surface area contributed by atoms with E-state index in [1.807, 2.05) is 20.8 Å². The van der Waals surface area contributed by atoms with E-state index in [0.29, 0.717) is 0 Å². The topological polar surface area (TPSA) is 17.1 Å². The van der Waals surface area contributed by atoms with E-state index in [-0.39, 0.29) is 16.0 Å². The normalized spacial score (nSPS) is 13.9. The molecule has 0 N–H and O–H groups in total. The van der Waals surface area contributed by atoms with E-state index >= 15 is 0 Å². The SMILES string of the molecule is CC(C)(C)C(=O)C(Br)Cc1cc(Br)sc1Br. The quantitative estimate of drug-likeness (QED) is 0.600. The number of thiophene rings is 1. The molecule has 1 heterocycles. The molecule has 1 unspecified atom stereocenters. The third-order valence-corrected chi connectivity index (χ3v) is 5.35. The lowest BCUT2D eigenvalue weighted by Crippen LogP contribution is -2.29. The standard InChI is InChI=1S/C11H13Br3OS/c1-11(2,3)9(15)7(12)4-6-5-8(13)16-10(6)14/h5,7H,4H2,1-3H3. The summed E-state index contributed by atoms with van der Waals surface area (Å²) in [6.45, 7) is 5.84. The zero-order valence-electron chi connectivity index (χ0n) is 9.31. The average molecular weight is 433 g/mol. The molecular formula is C11H13Br3OS. The first-order valence-corrected chi connectivity index (χ1v) is 8.15. The molecule has 0 radical (unpaired) electrons. The maximum Gasteiger partial charge on any atom is 0.152 e. The van der Waals surface area contributed by atoms with Gasteiger partial charge in [-0.3, -0.25) is 4.79 Å². The number of carbonyl (C=O) groups excluding carboxylic acids is 1.